The maximum atomic E-state index is 13.0. The molecule has 0 bridgehead atoms. The van der Waals surface area contributed by atoms with E-state index in [0.29, 0.717) is 0 Å². The van der Waals surface area contributed by atoms with Gasteiger partial charge in [0.1, 0.15) is 11.2 Å². The van der Waals surface area contributed by atoms with Crippen molar-refractivity contribution in [3.05, 3.63) is 81.7 Å². The van der Waals surface area contributed by atoms with Gasteiger partial charge in [0.05, 0.1) is 5.56 Å². The molecule has 0 aliphatic carbocycles. The van der Waals surface area contributed by atoms with Gasteiger partial charge in [-0.2, -0.15) is 0 Å². The first-order chi connectivity index (χ1) is 14.6. The van der Waals surface area contributed by atoms with Gasteiger partial charge in [0.15, 0.2) is 0 Å². The number of benzene rings is 2. The van der Waals surface area contributed by atoms with Crippen LogP contribution in [0.1, 0.15) is 38.1 Å². The fourth-order valence-corrected chi connectivity index (χ4v) is 5.59. The minimum atomic E-state index is -0.193. The largest absolute Gasteiger partial charge is 0.378 e. The van der Waals surface area contributed by atoms with Gasteiger partial charge in [-0.15, -0.1) is 11.3 Å². The Morgan fingerprint density at radius 2 is 1.83 bits per heavy atom. The molecule has 0 fully saturated rings. The summed E-state index contributed by atoms with van der Waals surface area (Å²) >= 11 is 1.74. The average molecular weight is 419 g/mol. The number of nitrogens with zero attached hydrogens (tertiary/aromatic N) is 2. The van der Waals surface area contributed by atoms with Crippen molar-refractivity contribution in [2.45, 2.75) is 25.7 Å². The van der Waals surface area contributed by atoms with E-state index < -0.39 is 0 Å². The number of hydrogen-bond acceptors (Lipinski definition) is 5. The lowest BCUT2D eigenvalue weighted by Gasteiger charge is -2.28. The van der Waals surface area contributed by atoms with Crippen molar-refractivity contribution in [2.75, 3.05) is 30.9 Å². The molecule has 3 heterocycles. The first kappa shape index (κ1) is 19.2. The van der Waals surface area contributed by atoms with E-state index in [-0.39, 0.29) is 12.1 Å². The molecule has 3 aromatic rings. The molecule has 30 heavy (non-hydrogen) atoms. The molecule has 2 aliphatic rings. The highest BCUT2D eigenvalue weighted by atomic mass is 32.1. The Morgan fingerprint density at radius 1 is 1.07 bits per heavy atom. The molecule has 0 saturated heterocycles. The highest BCUT2D eigenvalue weighted by Gasteiger charge is 2.33. The lowest BCUT2D eigenvalue weighted by molar-refractivity contribution is 0.0934. The number of thiophene rings is 1. The minimum absolute atomic E-state index is 0.0412. The summed E-state index contributed by atoms with van der Waals surface area (Å²) in [4.78, 5) is 18.8. The Hall–Kier alpha value is -2.83. The van der Waals surface area contributed by atoms with Gasteiger partial charge >= 0.3 is 0 Å². The van der Waals surface area contributed by atoms with Gasteiger partial charge in [-0.1, -0.05) is 42.5 Å². The van der Waals surface area contributed by atoms with Crippen molar-refractivity contribution in [2.24, 2.45) is 0 Å². The van der Waals surface area contributed by atoms with E-state index in [4.69, 9.17) is 0 Å². The highest BCUT2D eigenvalue weighted by Crippen LogP contribution is 2.41. The Balaban J connectivity index is 1.35. The Kier molecular flexibility index (Phi) is 4.97. The lowest BCUT2D eigenvalue weighted by atomic mass is 10.00. The third-order valence-corrected chi connectivity index (χ3v) is 7.05. The molecule has 0 spiro atoms. The quantitative estimate of drug-likeness (QED) is 0.666. The summed E-state index contributed by atoms with van der Waals surface area (Å²) in [6, 6.07) is 18.9. The third-order valence-electron chi connectivity index (χ3n) is 5.91. The van der Waals surface area contributed by atoms with Crippen LogP contribution < -0.4 is 15.5 Å². The predicted molar refractivity (Wildman–Crippen MR) is 123 cm³/mol. The molecule has 0 saturated carbocycles. The molecular weight excluding hydrogens is 392 g/mol. The number of nitrogens with one attached hydrogen (secondary N) is 2. The zero-order valence-corrected chi connectivity index (χ0v) is 18.1. The van der Waals surface area contributed by atoms with Crippen molar-refractivity contribution in [1.82, 2.24) is 10.2 Å². The molecule has 5 nitrogen and oxygen atoms in total. The van der Waals surface area contributed by atoms with Gasteiger partial charge in [0, 0.05) is 44.3 Å². The molecular formula is C24H26N4OS. The standard InChI is InChI=1S/C24H26N4OS/c1-27(2)18-10-8-17(9-11-18)22-25-23(29)21-19-12-13-28(14-16-6-4-3-5-7-16)15-20(19)30-24(21)26-22/h3-11,22,26H,12-15H2,1-2H3,(H,25,29)/t22-/m0/s1. The summed E-state index contributed by atoms with van der Waals surface area (Å²) in [6.45, 7) is 2.83. The topological polar surface area (TPSA) is 47.6 Å². The van der Waals surface area contributed by atoms with Crippen LogP contribution in [0.15, 0.2) is 54.6 Å². The lowest BCUT2D eigenvalue weighted by Crippen LogP contribution is -2.38. The average Bonchev–Trinajstić information content (AvgIpc) is 3.12. The van der Waals surface area contributed by atoms with E-state index in [9.17, 15) is 4.79 Å². The molecule has 1 amide bonds. The van der Waals surface area contributed by atoms with Crippen LogP contribution in [-0.4, -0.2) is 31.4 Å². The fraction of sp³-hybridized carbons (Fsp3) is 0.292. The van der Waals surface area contributed by atoms with E-state index in [0.717, 1.165) is 47.9 Å². The van der Waals surface area contributed by atoms with Crippen LogP contribution in [0.3, 0.4) is 0 Å². The summed E-state index contributed by atoms with van der Waals surface area (Å²) in [5.74, 6) is 0.0412. The van der Waals surface area contributed by atoms with Crippen molar-refractivity contribution < 1.29 is 4.79 Å². The summed E-state index contributed by atoms with van der Waals surface area (Å²) < 4.78 is 0. The summed E-state index contributed by atoms with van der Waals surface area (Å²) in [7, 11) is 4.05. The molecule has 154 valence electrons. The van der Waals surface area contributed by atoms with Crippen LogP contribution in [0, 0.1) is 0 Å². The van der Waals surface area contributed by atoms with Crippen molar-refractivity contribution in [1.29, 1.82) is 0 Å². The van der Waals surface area contributed by atoms with Crippen LogP contribution in [-0.2, 0) is 19.5 Å². The van der Waals surface area contributed by atoms with E-state index in [2.05, 4.69) is 75.0 Å². The van der Waals surface area contributed by atoms with Crippen molar-refractivity contribution >= 4 is 27.9 Å². The van der Waals surface area contributed by atoms with E-state index in [1.165, 1.54) is 16.0 Å². The minimum Gasteiger partial charge on any atom is -0.378 e. The maximum absolute atomic E-state index is 13.0. The first-order valence-corrected chi connectivity index (χ1v) is 11.2. The van der Waals surface area contributed by atoms with Crippen molar-refractivity contribution in [3.63, 3.8) is 0 Å². The number of carbonyl (C=O) groups excluding carboxylic acids is 1. The number of hydrogen-bond donors (Lipinski definition) is 2. The molecule has 2 aromatic carbocycles. The number of amides is 1. The second-order valence-electron chi connectivity index (χ2n) is 8.19. The van der Waals surface area contributed by atoms with Gasteiger partial charge in [0.25, 0.3) is 5.91 Å². The van der Waals surface area contributed by atoms with Gasteiger partial charge in [-0.3, -0.25) is 9.69 Å². The number of anilines is 2. The van der Waals surface area contributed by atoms with Crippen LogP contribution in [0.2, 0.25) is 0 Å². The van der Waals surface area contributed by atoms with Crippen molar-refractivity contribution in [3.8, 4) is 0 Å². The van der Waals surface area contributed by atoms with Gasteiger partial charge < -0.3 is 15.5 Å². The Morgan fingerprint density at radius 3 is 2.57 bits per heavy atom. The molecule has 2 aliphatic heterocycles. The molecule has 1 aromatic heterocycles. The first-order valence-electron chi connectivity index (χ1n) is 10.3. The maximum Gasteiger partial charge on any atom is 0.256 e. The fourth-order valence-electron chi connectivity index (χ4n) is 4.28. The molecule has 1 atom stereocenters. The molecule has 0 radical (unpaired) electrons. The Labute approximate surface area is 181 Å². The van der Waals surface area contributed by atoms with Gasteiger partial charge in [-0.05, 0) is 35.2 Å². The van der Waals surface area contributed by atoms with E-state index >= 15 is 0 Å². The molecule has 5 rings (SSSR count). The third kappa shape index (κ3) is 3.57. The van der Waals surface area contributed by atoms with E-state index in [1.807, 2.05) is 14.1 Å². The number of fused-ring (bicyclic) bond motifs is 3. The SMILES string of the molecule is CN(C)c1ccc([C@H]2NC(=O)c3c(sc4c3CCN(Cc3ccccc3)C4)N2)cc1. The van der Waals surface area contributed by atoms with Crippen LogP contribution in [0.4, 0.5) is 10.7 Å². The van der Waals surface area contributed by atoms with Gasteiger partial charge in [0.2, 0.25) is 0 Å². The zero-order chi connectivity index (χ0) is 20.7. The number of rotatable bonds is 4. The molecule has 2 N–H and O–H groups in total. The molecule has 6 heteroatoms. The monoisotopic (exact) mass is 418 g/mol. The predicted octanol–water partition coefficient (Wildman–Crippen LogP) is 4.23. The molecule has 0 unspecified atom stereocenters. The van der Waals surface area contributed by atoms with Crippen LogP contribution in [0.25, 0.3) is 0 Å². The highest BCUT2D eigenvalue weighted by molar-refractivity contribution is 7.16. The second-order valence-corrected chi connectivity index (χ2v) is 9.30. The summed E-state index contributed by atoms with van der Waals surface area (Å²) in [5, 5.41) is 7.73. The second kappa shape index (κ2) is 7.78. The van der Waals surface area contributed by atoms with Crippen LogP contribution in [0.5, 0.6) is 0 Å². The Bertz CT molecular complexity index is 1060. The summed E-state index contributed by atoms with van der Waals surface area (Å²) in [6.07, 6.45) is 0.729. The number of carbonyl (C=O) groups is 1. The zero-order valence-electron chi connectivity index (χ0n) is 17.3. The van der Waals surface area contributed by atoms with E-state index in [1.54, 1.807) is 11.3 Å². The summed E-state index contributed by atoms with van der Waals surface area (Å²) in [5.41, 5.74) is 5.63. The van der Waals surface area contributed by atoms with Crippen LogP contribution >= 0.6 is 11.3 Å². The normalized spacial score (nSPS) is 18.2. The smallest absolute Gasteiger partial charge is 0.256 e. The van der Waals surface area contributed by atoms with Gasteiger partial charge in [-0.25, -0.2) is 0 Å².